The average Bonchev–Trinajstić information content (AvgIpc) is 2.14. The quantitative estimate of drug-likeness (QED) is 0.587. The maximum absolute atomic E-state index is 5.86. The highest BCUT2D eigenvalue weighted by atomic mass is 15.2. The van der Waals surface area contributed by atoms with E-state index in [-0.39, 0.29) is 0 Å². The molecule has 1 fully saturated rings. The van der Waals surface area contributed by atoms with Crippen molar-refractivity contribution in [3.63, 3.8) is 0 Å². The van der Waals surface area contributed by atoms with E-state index < -0.39 is 0 Å². The molecular formula is C8H18N2. The van der Waals surface area contributed by atoms with Crippen molar-refractivity contribution >= 4 is 0 Å². The molecule has 1 saturated heterocycles. The van der Waals surface area contributed by atoms with E-state index in [9.17, 15) is 0 Å². The van der Waals surface area contributed by atoms with Crippen LogP contribution in [-0.2, 0) is 0 Å². The first-order valence-corrected chi connectivity index (χ1v) is 4.14. The molecule has 0 radical (unpaired) electrons. The molecule has 0 amide bonds. The van der Waals surface area contributed by atoms with Crippen molar-refractivity contribution in [2.45, 2.75) is 45.3 Å². The van der Waals surface area contributed by atoms with Crippen LogP contribution in [0.5, 0.6) is 0 Å². The van der Waals surface area contributed by atoms with Crippen LogP contribution in [0.3, 0.4) is 0 Å². The molecule has 1 heterocycles. The van der Waals surface area contributed by atoms with Gasteiger partial charge in [0.25, 0.3) is 0 Å². The van der Waals surface area contributed by atoms with Gasteiger partial charge < -0.3 is 5.73 Å². The Kier molecular flexibility index (Phi) is 2.32. The Morgan fingerprint density at radius 3 is 2.30 bits per heavy atom. The maximum atomic E-state index is 5.86. The van der Waals surface area contributed by atoms with Gasteiger partial charge in [0.1, 0.15) is 0 Å². The Bertz CT molecular complexity index is 112. The minimum absolute atomic E-state index is 0.405. The van der Waals surface area contributed by atoms with Crippen LogP contribution in [0.1, 0.15) is 27.2 Å². The molecule has 2 nitrogen and oxygen atoms in total. The van der Waals surface area contributed by atoms with Gasteiger partial charge >= 0.3 is 0 Å². The monoisotopic (exact) mass is 142 g/mol. The normalized spacial score (nSPS) is 35.7. The van der Waals surface area contributed by atoms with Crippen LogP contribution in [0.4, 0.5) is 0 Å². The Morgan fingerprint density at radius 1 is 1.50 bits per heavy atom. The zero-order valence-electron chi connectivity index (χ0n) is 7.17. The summed E-state index contributed by atoms with van der Waals surface area (Å²) < 4.78 is 0. The minimum atomic E-state index is 0.405. The van der Waals surface area contributed by atoms with Gasteiger partial charge in [-0.25, -0.2) is 0 Å². The predicted octanol–water partition coefficient (Wildman–Crippen LogP) is 0.816. The van der Waals surface area contributed by atoms with Gasteiger partial charge in [-0.3, -0.25) is 4.90 Å². The lowest BCUT2D eigenvalue weighted by atomic mass is 10.1. The third-order valence-corrected chi connectivity index (χ3v) is 2.53. The molecule has 1 rings (SSSR count). The molecule has 0 saturated carbocycles. The highest BCUT2D eigenvalue weighted by Gasteiger charge is 2.28. The van der Waals surface area contributed by atoms with Crippen molar-refractivity contribution in [3.05, 3.63) is 0 Å². The molecule has 2 atom stereocenters. The lowest BCUT2D eigenvalue weighted by molar-refractivity contribution is 0.209. The summed E-state index contributed by atoms with van der Waals surface area (Å²) in [5, 5.41) is 0. The molecular weight excluding hydrogens is 124 g/mol. The van der Waals surface area contributed by atoms with E-state index >= 15 is 0 Å². The summed E-state index contributed by atoms with van der Waals surface area (Å²) in [5.41, 5.74) is 5.86. The highest BCUT2D eigenvalue weighted by Crippen LogP contribution is 2.17. The first kappa shape index (κ1) is 8.02. The summed E-state index contributed by atoms with van der Waals surface area (Å²) in [6.07, 6.45) is 1.17. The first-order valence-electron chi connectivity index (χ1n) is 4.14. The zero-order valence-corrected chi connectivity index (χ0v) is 7.17. The number of nitrogens with two attached hydrogens (primary N) is 1. The Hall–Kier alpha value is -0.0800. The van der Waals surface area contributed by atoms with Crippen LogP contribution in [-0.4, -0.2) is 29.6 Å². The molecule has 1 aliphatic heterocycles. The molecule has 2 heteroatoms. The van der Waals surface area contributed by atoms with Crippen LogP contribution < -0.4 is 5.73 Å². The van der Waals surface area contributed by atoms with Crippen LogP contribution in [0.25, 0.3) is 0 Å². The third kappa shape index (κ3) is 1.32. The van der Waals surface area contributed by atoms with Gasteiger partial charge in [-0.2, -0.15) is 0 Å². The Morgan fingerprint density at radius 2 is 2.10 bits per heavy atom. The van der Waals surface area contributed by atoms with E-state index in [2.05, 4.69) is 25.7 Å². The summed E-state index contributed by atoms with van der Waals surface area (Å²) in [5.74, 6) is 0. The standard InChI is InChI=1S/C8H18N2/c1-6(2)10-5-4-8(9)7(10)3/h6-8H,4-5,9H2,1-3H3/t7-,8-/m0/s1. The van der Waals surface area contributed by atoms with Gasteiger partial charge in [-0.05, 0) is 27.2 Å². The zero-order chi connectivity index (χ0) is 7.72. The lowest BCUT2D eigenvalue weighted by Crippen LogP contribution is -2.40. The van der Waals surface area contributed by atoms with Crippen LogP contribution in [0.2, 0.25) is 0 Å². The molecule has 0 aromatic rings. The van der Waals surface area contributed by atoms with Crippen molar-refractivity contribution in [1.82, 2.24) is 4.90 Å². The summed E-state index contributed by atoms with van der Waals surface area (Å²) in [7, 11) is 0. The van der Waals surface area contributed by atoms with Crippen molar-refractivity contribution < 1.29 is 0 Å². The summed E-state index contributed by atoms with van der Waals surface area (Å²) in [6, 6.07) is 1.64. The van der Waals surface area contributed by atoms with Crippen molar-refractivity contribution in [1.29, 1.82) is 0 Å². The third-order valence-electron chi connectivity index (χ3n) is 2.53. The Labute approximate surface area is 63.4 Å². The predicted molar refractivity (Wildman–Crippen MR) is 43.9 cm³/mol. The summed E-state index contributed by atoms with van der Waals surface area (Å²) >= 11 is 0. The Balaban J connectivity index is 2.49. The molecule has 0 aliphatic carbocycles. The number of rotatable bonds is 1. The maximum Gasteiger partial charge on any atom is 0.0222 e. The average molecular weight is 142 g/mol. The van der Waals surface area contributed by atoms with E-state index in [1.165, 1.54) is 13.0 Å². The van der Waals surface area contributed by atoms with E-state index in [0.29, 0.717) is 18.1 Å². The highest BCUT2D eigenvalue weighted by molar-refractivity contribution is 4.87. The van der Waals surface area contributed by atoms with Gasteiger partial charge in [0, 0.05) is 24.7 Å². The molecule has 60 valence electrons. The second kappa shape index (κ2) is 2.89. The molecule has 0 spiro atoms. The molecule has 0 bridgehead atoms. The fourth-order valence-corrected chi connectivity index (χ4v) is 1.72. The fraction of sp³-hybridized carbons (Fsp3) is 1.00. The number of likely N-dealkylation sites (tertiary alicyclic amines) is 1. The fourth-order valence-electron chi connectivity index (χ4n) is 1.72. The largest absolute Gasteiger partial charge is 0.326 e. The molecule has 2 N–H and O–H groups in total. The summed E-state index contributed by atoms with van der Waals surface area (Å²) in [4.78, 5) is 2.46. The van der Waals surface area contributed by atoms with Crippen molar-refractivity contribution in [2.75, 3.05) is 6.54 Å². The minimum Gasteiger partial charge on any atom is -0.326 e. The van der Waals surface area contributed by atoms with Gasteiger partial charge in [0.15, 0.2) is 0 Å². The topological polar surface area (TPSA) is 29.3 Å². The van der Waals surface area contributed by atoms with Crippen LogP contribution in [0, 0.1) is 0 Å². The molecule has 10 heavy (non-hydrogen) atoms. The van der Waals surface area contributed by atoms with E-state index in [0.717, 1.165) is 0 Å². The molecule has 0 unspecified atom stereocenters. The van der Waals surface area contributed by atoms with E-state index in [4.69, 9.17) is 5.73 Å². The van der Waals surface area contributed by atoms with Crippen molar-refractivity contribution in [2.24, 2.45) is 5.73 Å². The number of nitrogens with zero attached hydrogens (tertiary/aromatic N) is 1. The smallest absolute Gasteiger partial charge is 0.0222 e. The number of hydrogen-bond acceptors (Lipinski definition) is 2. The molecule has 0 aromatic carbocycles. The van der Waals surface area contributed by atoms with Crippen LogP contribution in [0.15, 0.2) is 0 Å². The van der Waals surface area contributed by atoms with E-state index in [1.54, 1.807) is 0 Å². The van der Waals surface area contributed by atoms with Crippen molar-refractivity contribution in [3.8, 4) is 0 Å². The number of hydrogen-bond donors (Lipinski definition) is 1. The van der Waals surface area contributed by atoms with Gasteiger partial charge in [-0.15, -0.1) is 0 Å². The van der Waals surface area contributed by atoms with Crippen LogP contribution >= 0.6 is 0 Å². The summed E-state index contributed by atoms with van der Waals surface area (Å²) in [6.45, 7) is 7.86. The first-order chi connectivity index (χ1) is 4.63. The molecule has 0 aromatic heterocycles. The SMILES string of the molecule is CC(C)N1CC[C@H](N)[C@@H]1C. The second-order valence-electron chi connectivity index (χ2n) is 3.52. The molecule has 1 aliphatic rings. The van der Waals surface area contributed by atoms with Gasteiger partial charge in [-0.1, -0.05) is 0 Å². The lowest BCUT2D eigenvalue weighted by Gasteiger charge is -2.26. The second-order valence-corrected chi connectivity index (χ2v) is 3.52. The van der Waals surface area contributed by atoms with Gasteiger partial charge in [0.2, 0.25) is 0 Å². The van der Waals surface area contributed by atoms with Gasteiger partial charge in [0.05, 0.1) is 0 Å². The van der Waals surface area contributed by atoms with E-state index in [1.807, 2.05) is 0 Å².